The smallest absolute Gasteiger partial charge is 0.193 e. The fourth-order valence-corrected chi connectivity index (χ4v) is 4.66. The minimum atomic E-state index is 0.314. The topological polar surface area (TPSA) is 46.1 Å². The van der Waals surface area contributed by atoms with Crippen LogP contribution in [0.3, 0.4) is 0 Å². The Labute approximate surface area is 180 Å². The second-order valence-electron chi connectivity index (χ2n) is 7.76. The number of hydrogen-bond donors (Lipinski definition) is 1. The molecule has 2 aliphatic heterocycles. The Balaban J connectivity index is 1.34. The molecule has 1 N–H and O–H groups in total. The van der Waals surface area contributed by atoms with Crippen LogP contribution < -0.4 is 5.32 Å². The number of ether oxygens (including phenoxy) is 2. The maximum atomic E-state index is 6.15. The molecule has 2 fully saturated rings. The summed E-state index contributed by atoms with van der Waals surface area (Å²) in [6.45, 7) is 7.61. The number of thioether (sulfide) groups is 1. The maximum absolute atomic E-state index is 6.15. The van der Waals surface area contributed by atoms with Gasteiger partial charge < -0.3 is 19.7 Å². The molecule has 5 nitrogen and oxygen atoms in total. The quantitative estimate of drug-likeness (QED) is 0.281. The van der Waals surface area contributed by atoms with E-state index in [1.165, 1.54) is 17.7 Å². The minimum absolute atomic E-state index is 0.314. The van der Waals surface area contributed by atoms with Gasteiger partial charge in [0.2, 0.25) is 0 Å². The monoisotopic (exact) mass is 419 g/mol. The summed E-state index contributed by atoms with van der Waals surface area (Å²) >= 11 is 1.91. The van der Waals surface area contributed by atoms with Crippen LogP contribution in [0.5, 0.6) is 0 Å². The average Bonchev–Trinajstić information content (AvgIpc) is 2.78. The van der Waals surface area contributed by atoms with Gasteiger partial charge in [0.15, 0.2) is 5.96 Å². The van der Waals surface area contributed by atoms with Crippen LogP contribution >= 0.6 is 11.8 Å². The van der Waals surface area contributed by atoms with Gasteiger partial charge >= 0.3 is 0 Å². The fourth-order valence-electron chi connectivity index (χ4n) is 3.80. The molecule has 1 unspecified atom stereocenters. The van der Waals surface area contributed by atoms with Gasteiger partial charge in [0.1, 0.15) is 0 Å². The zero-order valence-electron chi connectivity index (χ0n) is 17.9. The summed E-state index contributed by atoms with van der Waals surface area (Å²) in [5.41, 5.74) is 0. The third kappa shape index (κ3) is 8.19. The standard InChI is InChI=1S/C23H37N3O2S/c1-2-24-23(25-14-8-18-29-22-10-4-3-5-11-22)26-15-12-20(13-16-26)28-19-21-9-6-7-17-27-21/h3-5,10-11,20-21H,2,6-9,12-19H2,1H3,(H,24,25). The van der Waals surface area contributed by atoms with Crippen molar-refractivity contribution in [2.24, 2.45) is 4.99 Å². The van der Waals surface area contributed by atoms with Crippen molar-refractivity contribution in [3.8, 4) is 0 Å². The predicted molar refractivity (Wildman–Crippen MR) is 122 cm³/mol. The molecule has 1 aromatic carbocycles. The van der Waals surface area contributed by atoms with Gasteiger partial charge in [-0.25, -0.2) is 0 Å². The third-order valence-corrected chi connectivity index (χ3v) is 6.54. The van der Waals surface area contributed by atoms with E-state index in [1.54, 1.807) is 0 Å². The normalized spacial score (nSPS) is 21.3. The SMILES string of the molecule is CCNC(=NCCCSc1ccccc1)N1CCC(OCC2CCCCO2)CC1. The van der Waals surface area contributed by atoms with Crippen LogP contribution in [-0.4, -0.2) is 68.2 Å². The van der Waals surface area contributed by atoms with Crippen LogP contribution in [0.1, 0.15) is 45.4 Å². The molecular weight excluding hydrogens is 382 g/mol. The van der Waals surface area contributed by atoms with E-state index in [2.05, 4.69) is 47.5 Å². The molecule has 1 aromatic rings. The Bertz CT molecular complexity index is 585. The minimum Gasteiger partial charge on any atom is -0.376 e. The molecule has 6 heteroatoms. The highest BCUT2D eigenvalue weighted by Crippen LogP contribution is 2.19. The van der Waals surface area contributed by atoms with Crippen LogP contribution in [0.15, 0.2) is 40.2 Å². The Hall–Kier alpha value is -1.24. The molecule has 0 radical (unpaired) electrons. The van der Waals surface area contributed by atoms with Crippen molar-refractivity contribution in [3.05, 3.63) is 30.3 Å². The lowest BCUT2D eigenvalue weighted by Gasteiger charge is -2.35. The van der Waals surface area contributed by atoms with Crippen LogP contribution in [0, 0.1) is 0 Å². The molecular formula is C23H37N3O2S. The third-order valence-electron chi connectivity index (χ3n) is 5.44. The summed E-state index contributed by atoms with van der Waals surface area (Å²) in [5, 5.41) is 3.47. The van der Waals surface area contributed by atoms with E-state index in [4.69, 9.17) is 14.5 Å². The second-order valence-corrected chi connectivity index (χ2v) is 8.93. The summed E-state index contributed by atoms with van der Waals surface area (Å²) in [4.78, 5) is 8.60. The Kier molecular flexibility index (Phi) is 10.2. The molecule has 2 saturated heterocycles. The molecule has 0 aromatic heterocycles. The number of nitrogens with zero attached hydrogens (tertiary/aromatic N) is 2. The summed E-state index contributed by atoms with van der Waals surface area (Å²) in [7, 11) is 0. The summed E-state index contributed by atoms with van der Waals surface area (Å²) < 4.78 is 11.9. The lowest BCUT2D eigenvalue weighted by atomic mass is 10.1. The van der Waals surface area contributed by atoms with Crippen molar-refractivity contribution in [3.63, 3.8) is 0 Å². The largest absolute Gasteiger partial charge is 0.376 e. The van der Waals surface area contributed by atoms with E-state index >= 15 is 0 Å². The molecule has 1 atom stereocenters. The molecule has 2 aliphatic rings. The first-order chi connectivity index (χ1) is 14.3. The molecule has 3 rings (SSSR count). The van der Waals surface area contributed by atoms with Crippen molar-refractivity contribution >= 4 is 17.7 Å². The van der Waals surface area contributed by atoms with Gasteiger partial charge in [-0.15, -0.1) is 11.8 Å². The zero-order chi connectivity index (χ0) is 20.2. The lowest BCUT2D eigenvalue weighted by molar-refractivity contribution is -0.0721. The summed E-state index contributed by atoms with van der Waals surface area (Å²) in [5.74, 6) is 2.16. The zero-order valence-corrected chi connectivity index (χ0v) is 18.7. The number of hydrogen-bond acceptors (Lipinski definition) is 4. The van der Waals surface area contributed by atoms with Gasteiger partial charge in [-0.3, -0.25) is 4.99 Å². The number of guanidine groups is 1. The number of benzene rings is 1. The maximum Gasteiger partial charge on any atom is 0.193 e. The Morgan fingerprint density at radius 3 is 2.76 bits per heavy atom. The van der Waals surface area contributed by atoms with E-state index < -0.39 is 0 Å². The fraction of sp³-hybridized carbons (Fsp3) is 0.696. The van der Waals surface area contributed by atoms with E-state index in [0.717, 1.165) is 76.8 Å². The number of aliphatic imine (C=N–C) groups is 1. The molecule has 162 valence electrons. The van der Waals surface area contributed by atoms with Gasteiger partial charge in [0.25, 0.3) is 0 Å². The van der Waals surface area contributed by atoms with E-state index in [-0.39, 0.29) is 0 Å². The van der Waals surface area contributed by atoms with Gasteiger partial charge in [-0.2, -0.15) is 0 Å². The number of likely N-dealkylation sites (tertiary alicyclic amines) is 1. The molecule has 29 heavy (non-hydrogen) atoms. The van der Waals surface area contributed by atoms with E-state index in [9.17, 15) is 0 Å². The first-order valence-corrected chi connectivity index (χ1v) is 12.3. The molecule has 0 bridgehead atoms. The van der Waals surface area contributed by atoms with Crippen LogP contribution in [-0.2, 0) is 9.47 Å². The summed E-state index contributed by atoms with van der Waals surface area (Å²) in [6.07, 6.45) is 7.54. The van der Waals surface area contributed by atoms with Crippen LogP contribution in [0.2, 0.25) is 0 Å². The van der Waals surface area contributed by atoms with Crippen molar-refractivity contribution < 1.29 is 9.47 Å². The first-order valence-electron chi connectivity index (χ1n) is 11.3. The van der Waals surface area contributed by atoms with E-state index in [1.807, 2.05) is 11.8 Å². The molecule has 0 spiro atoms. The highest BCUT2D eigenvalue weighted by Gasteiger charge is 2.23. The highest BCUT2D eigenvalue weighted by molar-refractivity contribution is 7.99. The second kappa shape index (κ2) is 13.1. The van der Waals surface area contributed by atoms with Gasteiger partial charge in [0, 0.05) is 37.7 Å². The molecule has 2 heterocycles. The number of piperidine rings is 1. The molecule has 0 saturated carbocycles. The number of rotatable bonds is 9. The van der Waals surface area contributed by atoms with Crippen molar-refractivity contribution in [2.75, 3.05) is 45.1 Å². The molecule has 0 amide bonds. The Morgan fingerprint density at radius 1 is 1.21 bits per heavy atom. The van der Waals surface area contributed by atoms with Crippen LogP contribution in [0.4, 0.5) is 0 Å². The van der Waals surface area contributed by atoms with Gasteiger partial charge in [-0.1, -0.05) is 18.2 Å². The highest BCUT2D eigenvalue weighted by atomic mass is 32.2. The van der Waals surface area contributed by atoms with Gasteiger partial charge in [0.05, 0.1) is 18.8 Å². The lowest BCUT2D eigenvalue weighted by Crippen LogP contribution is -2.47. The van der Waals surface area contributed by atoms with Crippen LogP contribution in [0.25, 0.3) is 0 Å². The van der Waals surface area contributed by atoms with E-state index in [0.29, 0.717) is 12.2 Å². The summed E-state index contributed by atoms with van der Waals surface area (Å²) in [6, 6.07) is 10.6. The van der Waals surface area contributed by atoms with Crippen molar-refractivity contribution in [2.45, 2.75) is 62.6 Å². The molecule has 0 aliphatic carbocycles. The predicted octanol–water partition coefficient (Wildman–Crippen LogP) is 4.18. The first kappa shape index (κ1) is 22.4. The number of nitrogens with one attached hydrogen (secondary N) is 1. The van der Waals surface area contributed by atoms with Gasteiger partial charge in [-0.05, 0) is 63.3 Å². The van der Waals surface area contributed by atoms with Crippen molar-refractivity contribution in [1.29, 1.82) is 0 Å². The van der Waals surface area contributed by atoms with Crippen molar-refractivity contribution in [1.82, 2.24) is 10.2 Å². The average molecular weight is 420 g/mol. The Morgan fingerprint density at radius 2 is 2.03 bits per heavy atom.